The fraction of sp³-hybridized carbons (Fsp3) is 0.533. The second-order valence-corrected chi connectivity index (χ2v) is 4.82. The van der Waals surface area contributed by atoms with Crippen LogP contribution in [0.25, 0.3) is 0 Å². The minimum atomic E-state index is 0.258. The van der Waals surface area contributed by atoms with E-state index in [-0.39, 0.29) is 5.78 Å². The summed E-state index contributed by atoms with van der Waals surface area (Å²) >= 11 is 0. The number of nitrogens with one attached hydrogen (secondary N) is 1. The summed E-state index contributed by atoms with van der Waals surface area (Å²) in [5.41, 5.74) is 3.65. The monoisotopic (exact) mass is 233 g/mol. The molecule has 94 valence electrons. The lowest BCUT2D eigenvalue weighted by Crippen LogP contribution is -2.31. The van der Waals surface area contributed by atoms with Gasteiger partial charge in [0.1, 0.15) is 0 Å². The quantitative estimate of drug-likeness (QED) is 0.818. The van der Waals surface area contributed by atoms with Crippen LogP contribution in [0.15, 0.2) is 18.2 Å². The zero-order chi connectivity index (χ0) is 12.8. The van der Waals surface area contributed by atoms with E-state index in [1.807, 2.05) is 6.07 Å². The van der Waals surface area contributed by atoms with Crippen LogP contribution in [-0.4, -0.2) is 18.4 Å². The van der Waals surface area contributed by atoms with Crippen molar-refractivity contribution in [2.45, 2.75) is 46.6 Å². The van der Waals surface area contributed by atoms with Gasteiger partial charge < -0.3 is 5.32 Å². The molecule has 0 radical (unpaired) electrons. The molecule has 0 saturated heterocycles. The molecule has 0 aliphatic carbocycles. The minimum Gasteiger partial charge on any atom is -0.307 e. The summed E-state index contributed by atoms with van der Waals surface area (Å²) in [5, 5.41) is 3.23. The van der Waals surface area contributed by atoms with Gasteiger partial charge >= 0.3 is 0 Å². The third kappa shape index (κ3) is 4.70. The molecule has 0 amide bonds. The largest absolute Gasteiger partial charge is 0.307 e. The van der Waals surface area contributed by atoms with Gasteiger partial charge in [-0.15, -0.1) is 0 Å². The molecule has 0 spiro atoms. The Hall–Kier alpha value is -1.15. The molecule has 1 rings (SSSR count). The highest BCUT2D eigenvalue weighted by atomic mass is 16.1. The number of benzene rings is 1. The number of hydrogen-bond acceptors (Lipinski definition) is 2. The molecule has 1 atom stereocenters. The number of hydrogen-bond donors (Lipinski definition) is 1. The average Bonchev–Trinajstić information content (AvgIpc) is 2.31. The second kappa shape index (κ2) is 6.55. The predicted molar refractivity (Wildman–Crippen MR) is 72.4 cm³/mol. The van der Waals surface area contributed by atoms with Gasteiger partial charge in [0.05, 0.1) is 6.54 Å². The molecule has 0 aliphatic heterocycles. The second-order valence-electron chi connectivity index (χ2n) is 4.82. The van der Waals surface area contributed by atoms with Crippen molar-refractivity contribution in [3.8, 4) is 0 Å². The molecular formula is C15H23NO. The van der Waals surface area contributed by atoms with E-state index in [4.69, 9.17) is 0 Å². The molecule has 1 aromatic rings. The Morgan fingerprint density at radius 3 is 2.59 bits per heavy atom. The summed E-state index contributed by atoms with van der Waals surface area (Å²) in [7, 11) is 0. The minimum absolute atomic E-state index is 0.258. The molecule has 2 heteroatoms. The lowest BCUT2D eigenvalue weighted by Gasteiger charge is -2.10. The predicted octanol–water partition coefficient (Wildman–Crippen LogP) is 2.80. The Bertz CT molecular complexity index is 385. The lowest BCUT2D eigenvalue weighted by molar-refractivity contribution is -0.117. The molecule has 0 bridgehead atoms. The topological polar surface area (TPSA) is 29.1 Å². The van der Waals surface area contributed by atoms with Crippen molar-refractivity contribution in [3.63, 3.8) is 0 Å². The maximum absolute atomic E-state index is 11.8. The first kappa shape index (κ1) is 13.9. The summed E-state index contributed by atoms with van der Waals surface area (Å²) in [6, 6.07) is 6.65. The number of carbonyl (C=O) groups excluding carboxylic acids is 1. The SMILES string of the molecule is CCC(C)NCC(=O)Cc1ccc(C)c(C)c1. The van der Waals surface area contributed by atoms with Crippen molar-refractivity contribution in [3.05, 3.63) is 34.9 Å². The van der Waals surface area contributed by atoms with E-state index in [9.17, 15) is 4.79 Å². The van der Waals surface area contributed by atoms with Gasteiger partial charge in [-0.2, -0.15) is 0 Å². The molecule has 0 saturated carbocycles. The Morgan fingerprint density at radius 1 is 1.29 bits per heavy atom. The van der Waals surface area contributed by atoms with Gasteiger partial charge in [0.15, 0.2) is 5.78 Å². The molecule has 0 aromatic heterocycles. The third-order valence-corrected chi connectivity index (χ3v) is 3.23. The van der Waals surface area contributed by atoms with Crippen LogP contribution in [0.4, 0.5) is 0 Å². The van der Waals surface area contributed by atoms with E-state index in [2.05, 4.69) is 45.1 Å². The normalized spacial score (nSPS) is 12.5. The van der Waals surface area contributed by atoms with Crippen molar-refractivity contribution in [1.82, 2.24) is 5.32 Å². The summed E-state index contributed by atoms with van der Waals surface area (Å²) < 4.78 is 0. The van der Waals surface area contributed by atoms with Gasteiger partial charge in [0, 0.05) is 12.5 Å². The Kier molecular flexibility index (Phi) is 5.36. The maximum atomic E-state index is 11.8. The average molecular weight is 233 g/mol. The molecular weight excluding hydrogens is 210 g/mol. The van der Waals surface area contributed by atoms with Crippen LogP contribution >= 0.6 is 0 Å². The van der Waals surface area contributed by atoms with Gasteiger partial charge in [0.25, 0.3) is 0 Å². The number of carbonyl (C=O) groups is 1. The Balaban J connectivity index is 2.48. The summed E-state index contributed by atoms with van der Waals surface area (Å²) in [5.74, 6) is 0.258. The number of ketones is 1. The molecule has 0 heterocycles. The number of Topliss-reactive ketones (excluding diaryl/α,β-unsaturated/α-hetero) is 1. The van der Waals surface area contributed by atoms with E-state index < -0.39 is 0 Å². The zero-order valence-electron chi connectivity index (χ0n) is 11.3. The van der Waals surface area contributed by atoms with E-state index in [0.29, 0.717) is 19.0 Å². The van der Waals surface area contributed by atoms with E-state index >= 15 is 0 Å². The molecule has 2 nitrogen and oxygen atoms in total. The Morgan fingerprint density at radius 2 is 2.00 bits per heavy atom. The lowest BCUT2D eigenvalue weighted by atomic mass is 10.0. The molecule has 17 heavy (non-hydrogen) atoms. The van der Waals surface area contributed by atoms with Crippen LogP contribution < -0.4 is 5.32 Å². The van der Waals surface area contributed by atoms with Crippen LogP contribution in [-0.2, 0) is 11.2 Å². The molecule has 0 fully saturated rings. The highest BCUT2D eigenvalue weighted by Gasteiger charge is 2.06. The first-order chi connectivity index (χ1) is 8.02. The van der Waals surface area contributed by atoms with Crippen LogP contribution in [0, 0.1) is 13.8 Å². The Labute approximate surface area is 104 Å². The van der Waals surface area contributed by atoms with E-state index in [0.717, 1.165) is 12.0 Å². The first-order valence-electron chi connectivity index (χ1n) is 6.34. The van der Waals surface area contributed by atoms with Crippen molar-refractivity contribution in [2.24, 2.45) is 0 Å². The standard InChI is InChI=1S/C15H23NO/c1-5-13(4)16-10-15(17)9-14-7-6-11(2)12(3)8-14/h6-8,13,16H,5,9-10H2,1-4H3. The van der Waals surface area contributed by atoms with Gasteiger partial charge in [-0.05, 0) is 43.9 Å². The third-order valence-electron chi connectivity index (χ3n) is 3.23. The van der Waals surface area contributed by atoms with Gasteiger partial charge in [-0.1, -0.05) is 25.1 Å². The summed E-state index contributed by atoms with van der Waals surface area (Å²) in [6.07, 6.45) is 1.58. The molecule has 1 aromatic carbocycles. The van der Waals surface area contributed by atoms with E-state index in [1.54, 1.807) is 0 Å². The van der Waals surface area contributed by atoms with Gasteiger partial charge in [0.2, 0.25) is 0 Å². The summed E-state index contributed by atoms with van der Waals surface area (Å²) in [4.78, 5) is 11.8. The number of rotatable bonds is 6. The molecule has 0 aliphatic rings. The zero-order valence-corrected chi connectivity index (χ0v) is 11.3. The molecule has 1 N–H and O–H groups in total. The van der Waals surface area contributed by atoms with Crippen molar-refractivity contribution in [2.75, 3.05) is 6.54 Å². The van der Waals surface area contributed by atoms with Gasteiger partial charge in [-0.25, -0.2) is 0 Å². The maximum Gasteiger partial charge on any atom is 0.150 e. The van der Waals surface area contributed by atoms with Crippen LogP contribution in [0.3, 0.4) is 0 Å². The van der Waals surface area contributed by atoms with Crippen molar-refractivity contribution < 1.29 is 4.79 Å². The fourth-order valence-corrected chi connectivity index (χ4v) is 1.64. The summed E-state index contributed by atoms with van der Waals surface area (Å²) in [6.45, 7) is 8.86. The van der Waals surface area contributed by atoms with Crippen molar-refractivity contribution >= 4 is 5.78 Å². The van der Waals surface area contributed by atoms with Gasteiger partial charge in [-0.3, -0.25) is 4.79 Å². The fourth-order valence-electron chi connectivity index (χ4n) is 1.64. The van der Waals surface area contributed by atoms with Crippen LogP contribution in [0.1, 0.15) is 37.0 Å². The van der Waals surface area contributed by atoms with Crippen LogP contribution in [0.2, 0.25) is 0 Å². The van der Waals surface area contributed by atoms with E-state index in [1.165, 1.54) is 11.1 Å². The smallest absolute Gasteiger partial charge is 0.150 e. The van der Waals surface area contributed by atoms with Crippen LogP contribution in [0.5, 0.6) is 0 Å². The number of aryl methyl sites for hydroxylation is 2. The highest BCUT2D eigenvalue weighted by molar-refractivity contribution is 5.82. The van der Waals surface area contributed by atoms with Crippen molar-refractivity contribution in [1.29, 1.82) is 0 Å². The molecule has 1 unspecified atom stereocenters. The first-order valence-corrected chi connectivity index (χ1v) is 6.34. The highest BCUT2D eigenvalue weighted by Crippen LogP contribution is 2.10.